The van der Waals surface area contributed by atoms with Crippen molar-refractivity contribution in [1.29, 1.82) is 0 Å². The Balaban J connectivity index is 2.93. The van der Waals surface area contributed by atoms with E-state index in [2.05, 4.69) is 0 Å². The van der Waals surface area contributed by atoms with Gasteiger partial charge in [-0.25, -0.2) is 0 Å². The Hall–Kier alpha value is -2.09. The van der Waals surface area contributed by atoms with E-state index in [4.69, 9.17) is 10.8 Å². The topological polar surface area (TPSA) is 124 Å². The molecule has 18 heavy (non-hydrogen) atoms. The number of amides is 1. The van der Waals surface area contributed by atoms with Crippen LogP contribution >= 0.6 is 11.8 Å². The summed E-state index contributed by atoms with van der Waals surface area (Å²) in [4.78, 5) is 31.7. The van der Waals surface area contributed by atoms with E-state index in [1.807, 2.05) is 0 Å². The maximum atomic E-state index is 10.9. The quantitative estimate of drug-likeness (QED) is 0.455. The Morgan fingerprint density at radius 2 is 2.11 bits per heavy atom. The Morgan fingerprint density at radius 1 is 1.44 bits per heavy atom. The Morgan fingerprint density at radius 3 is 2.61 bits per heavy atom. The first-order chi connectivity index (χ1) is 8.41. The molecule has 1 amide bonds. The third-order valence-electron chi connectivity index (χ3n) is 2.01. The van der Waals surface area contributed by atoms with E-state index in [9.17, 15) is 19.7 Å². The fourth-order valence-corrected chi connectivity index (χ4v) is 2.13. The zero-order chi connectivity index (χ0) is 13.7. The van der Waals surface area contributed by atoms with Crippen molar-refractivity contribution in [3.63, 3.8) is 0 Å². The molecule has 1 aromatic rings. The van der Waals surface area contributed by atoms with Crippen LogP contribution in [-0.4, -0.2) is 27.7 Å². The van der Waals surface area contributed by atoms with E-state index >= 15 is 0 Å². The van der Waals surface area contributed by atoms with Gasteiger partial charge in [0, 0.05) is 17.4 Å². The van der Waals surface area contributed by atoms with Crippen LogP contribution in [0.4, 0.5) is 5.69 Å². The number of carboxylic acid groups (broad SMARTS) is 1. The molecule has 8 heteroatoms. The van der Waals surface area contributed by atoms with Crippen LogP contribution in [0, 0.1) is 10.1 Å². The summed E-state index contributed by atoms with van der Waals surface area (Å²) in [7, 11) is 0. The number of carbonyl (C=O) groups is 2. The molecule has 96 valence electrons. The summed E-state index contributed by atoms with van der Waals surface area (Å²) >= 11 is 1.05. The van der Waals surface area contributed by atoms with Crippen molar-refractivity contribution in [3.05, 3.63) is 33.9 Å². The van der Waals surface area contributed by atoms with E-state index in [-0.39, 0.29) is 23.4 Å². The van der Waals surface area contributed by atoms with Gasteiger partial charge in [0.25, 0.3) is 5.69 Å². The molecule has 1 aromatic carbocycles. The van der Waals surface area contributed by atoms with Crippen molar-refractivity contribution in [2.75, 3.05) is 5.75 Å². The third-order valence-corrected chi connectivity index (χ3v) is 3.08. The Kier molecular flexibility index (Phi) is 4.67. The summed E-state index contributed by atoms with van der Waals surface area (Å²) in [5, 5.41) is 19.3. The number of nitrogens with two attached hydrogens (primary N) is 1. The largest absolute Gasteiger partial charge is 0.481 e. The molecular formula is C10H10N2O5S. The molecule has 0 saturated carbocycles. The number of hydrogen-bond acceptors (Lipinski definition) is 5. The van der Waals surface area contributed by atoms with Crippen molar-refractivity contribution in [2.24, 2.45) is 5.73 Å². The Labute approximate surface area is 106 Å². The average molecular weight is 270 g/mol. The zero-order valence-electron chi connectivity index (χ0n) is 9.16. The summed E-state index contributed by atoms with van der Waals surface area (Å²) in [5.74, 6) is -1.51. The highest BCUT2D eigenvalue weighted by Crippen LogP contribution is 2.30. The van der Waals surface area contributed by atoms with Crippen LogP contribution in [0.25, 0.3) is 0 Å². The van der Waals surface area contributed by atoms with Gasteiger partial charge in [-0.1, -0.05) is 0 Å². The van der Waals surface area contributed by atoms with Gasteiger partial charge in [-0.05, 0) is 12.1 Å². The lowest BCUT2D eigenvalue weighted by atomic mass is 10.2. The molecule has 0 saturated heterocycles. The highest BCUT2D eigenvalue weighted by molar-refractivity contribution is 7.99. The van der Waals surface area contributed by atoms with Crippen molar-refractivity contribution < 1.29 is 19.6 Å². The van der Waals surface area contributed by atoms with Crippen LogP contribution in [0.15, 0.2) is 23.1 Å². The summed E-state index contributed by atoms with van der Waals surface area (Å²) in [6.45, 7) is 0. The minimum Gasteiger partial charge on any atom is -0.481 e. The number of thioether (sulfide) groups is 1. The lowest BCUT2D eigenvalue weighted by Gasteiger charge is -2.03. The fourth-order valence-electron chi connectivity index (χ4n) is 1.18. The van der Waals surface area contributed by atoms with Gasteiger partial charge in [0.1, 0.15) is 0 Å². The summed E-state index contributed by atoms with van der Waals surface area (Å²) in [5.41, 5.74) is 4.82. The molecule has 0 radical (unpaired) electrons. The molecule has 0 aromatic heterocycles. The molecule has 0 aliphatic rings. The van der Waals surface area contributed by atoms with Crippen LogP contribution in [-0.2, 0) is 4.79 Å². The average Bonchev–Trinajstić information content (AvgIpc) is 2.28. The molecule has 1 rings (SSSR count). The van der Waals surface area contributed by atoms with E-state index < -0.39 is 16.8 Å². The molecule has 0 bridgehead atoms. The second-order valence-electron chi connectivity index (χ2n) is 3.30. The smallest absolute Gasteiger partial charge is 0.304 e. The molecule has 0 heterocycles. The molecule has 0 unspecified atom stereocenters. The number of aliphatic carboxylic acids is 1. The number of nitro groups is 1. The SMILES string of the molecule is NC(=O)c1ccc(SCCC(=O)O)c([N+](=O)[O-])c1. The molecular weight excluding hydrogens is 260 g/mol. The van der Waals surface area contributed by atoms with Gasteiger partial charge in [0.15, 0.2) is 0 Å². The molecule has 0 aliphatic carbocycles. The van der Waals surface area contributed by atoms with Gasteiger partial charge in [0.2, 0.25) is 5.91 Å². The number of nitrogens with zero attached hydrogens (tertiary/aromatic N) is 1. The molecule has 7 nitrogen and oxygen atoms in total. The summed E-state index contributed by atoms with van der Waals surface area (Å²) < 4.78 is 0. The van der Waals surface area contributed by atoms with Gasteiger partial charge >= 0.3 is 5.97 Å². The summed E-state index contributed by atoms with van der Waals surface area (Å²) in [6.07, 6.45) is -0.0978. The van der Waals surface area contributed by atoms with Gasteiger partial charge in [-0.3, -0.25) is 19.7 Å². The van der Waals surface area contributed by atoms with Crippen molar-refractivity contribution in [2.45, 2.75) is 11.3 Å². The lowest BCUT2D eigenvalue weighted by molar-refractivity contribution is -0.387. The van der Waals surface area contributed by atoms with Gasteiger partial charge in [0.05, 0.1) is 16.2 Å². The minimum absolute atomic E-state index is 0.0456. The van der Waals surface area contributed by atoms with Crippen LogP contribution in [0.3, 0.4) is 0 Å². The second kappa shape index (κ2) is 6.01. The first-order valence-corrected chi connectivity index (χ1v) is 5.83. The van der Waals surface area contributed by atoms with Crippen molar-refractivity contribution >= 4 is 29.3 Å². The number of rotatable bonds is 6. The number of nitro benzene ring substituents is 1. The van der Waals surface area contributed by atoms with Crippen LogP contribution in [0.2, 0.25) is 0 Å². The van der Waals surface area contributed by atoms with E-state index in [0.29, 0.717) is 4.90 Å². The van der Waals surface area contributed by atoms with Gasteiger partial charge in [-0.15, -0.1) is 11.8 Å². The third kappa shape index (κ3) is 3.74. The van der Waals surface area contributed by atoms with Crippen LogP contribution < -0.4 is 5.73 Å². The van der Waals surface area contributed by atoms with Crippen molar-refractivity contribution in [1.82, 2.24) is 0 Å². The fraction of sp³-hybridized carbons (Fsp3) is 0.200. The zero-order valence-corrected chi connectivity index (χ0v) is 9.98. The number of benzene rings is 1. The number of hydrogen-bond donors (Lipinski definition) is 2. The highest BCUT2D eigenvalue weighted by Gasteiger charge is 2.17. The number of carbonyl (C=O) groups excluding carboxylic acids is 1. The van der Waals surface area contributed by atoms with Gasteiger partial charge in [-0.2, -0.15) is 0 Å². The predicted octanol–water partition coefficient (Wildman–Crippen LogP) is 1.26. The maximum Gasteiger partial charge on any atom is 0.304 e. The Bertz CT molecular complexity index is 503. The molecule has 3 N–H and O–H groups in total. The first kappa shape index (κ1) is 14.0. The van der Waals surface area contributed by atoms with Crippen molar-refractivity contribution in [3.8, 4) is 0 Å². The predicted molar refractivity (Wildman–Crippen MR) is 64.6 cm³/mol. The van der Waals surface area contributed by atoms with Crippen LogP contribution in [0.5, 0.6) is 0 Å². The molecule has 0 atom stereocenters. The van der Waals surface area contributed by atoms with E-state index in [0.717, 1.165) is 17.8 Å². The number of carboxylic acids is 1. The lowest BCUT2D eigenvalue weighted by Crippen LogP contribution is -2.11. The molecule has 0 spiro atoms. The van der Waals surface area contributed by atoms with E-state index in [1.54, 1.807) is 0 Å². The molecule has 0 aliphatic heterocycles. The normalized spacial score (nSPS) is 10.0. The monoisotopic (exact) mass is 270 g/mol. The highest BCUT2D eigenvalue weighted by atomic mass is 32.2. The maximum absolute atomic E-state index is 10.9. The second-order valence-corrected chi connectivity index (χ2v) is 4.43. The number of primary amides is 1. The van der Waals surface area contributed by atoms with Gasteiger partial charge < -0.3 is 10.8 Å². The van der Waals surface area contributed by atoms with Crippen LogP contribution in [0.1, 0.15) is 16.8 Å². The first-order valence-electron chi connectivity index (χ1n) is 4.84. The van der Waals surface area contributed by atoms with E-state index in [1.165, 1.54) is 12.1 Å². The minimum atomic E-state index is -0.973. The molecule has 0 fully saturated rings. The summed E-state index contributed by atoms with van der Waals surface area (Å²) in [6, 6.07) is 3.86. The standard InChI is InChI=1S/C10H10N2O5S/c11-10(15)6-1-2-8(7(5-6)12(16)17)18-4-3-9(13)14/h1-2,5H,3-4H2,(H2,11,15)(H,13,14).